The van der Waals surface area contributed by atoms with Gasteiger partial charge in [0.05, 0.1) is 0 Å². The molecule has 0 spiro atoms. The molecule has 0 aliphatic heterocycles. The van der Waals surface area contributed by atoms with Gasteiger partial charge in [0.1, 0.15) is 5.75 Å². The second-order valence-electron chi connectivity index (χ2n) is 6.26. The molecular formula is C20H25N3O2S. The zero-order valence-corrected chi connectivity index (χ0v) is 15.9. The van der Waals surface area contributed by atoms with Gasteiger partial charge in [-0.1, -0.05) is 62.4 Å². The number of benzene rings is 2. The molecule has 0 saturated heterocycles. The Labute approximate surface area is 160 Å². The maximum Gasteiger partial charge on any atom is 0.276 e. The number of hydrazine groups is 1. The summed E-state index contributed by atoms with van der Waals surface area (Å²) in [5.74, 6) is 0.949. The van der Waals surface area contributed by atoms with Crippen LogP contribution in [0.1, 0.15) is 20.3 Å². The summed E-state index contributed by atoms with van der Waals surface area (Å²) in [5, 5.41) is 3.43. The minimum Gasteiger partial charge on any atom is -0.483 e. The maximum atomic E-state index is 12.0. The van der Waals surface area contributed by atoms with Gasteiger partial charge in [-0.2, -0.15) is 0 Å². The van der Waals surface area contributed by atoms with Crippen molar-refractivity contribution in [3.05, 3.63) is 54.6 Å². The van der Waals surface area contributed by atoms with Crippen molar-refractivity contribution in [2.75, 3.05) is 13.2 Å². The highest BCUT2D eigenvalue weighted by atomic mass is 32.1. The Hall–Kier alpha value is -2.60. The molecule has 0 aliphatic carbocycles. The summed E-state index contributed by atoms with van der Waals surface area (Å²) in [6.45, 7) is 4.95. The van der Waals surface area contributed by atoms with Gasteiger partial charge in [0, 0.05) is 12.1 Å². The van der Waals surface area contributed by atoms with E-state index in [4.69, 9.17) is 17.0 Å². The molecule has 6 heteroatoms. The fourth-order valence-electron chi connectivity index (χ4n) is 2.27. The zero-order valence-electron chi connectivity index (χ0n) is 15.1. The number of ether oxygens (including phenoxy) is 1. The lowest BCUT2D eigenvalue weighted by atomic mass is 10.1. The molecule has 2 aromatic rings. The van der Waals surface area contributed by atoms with Crippen molar-refractivity contribution in [2.45, 2.75) is 20.3 Å². The normalized spacial score (nSPS) is 10.3. The molecule has 0 radical (unpaired) electrons. The van der Waals surface area contributed by atoms with Crippen molar-refractivity contribution >= 4 is 23.2 Å². The predicted octanol–water partition coefficient (Wildman–Crippen LogP) is 3.27. The molecular weight excluding hydrogens is 346 g/mol. The van der Waals surface area contributed by atoms with Gasteiger partial charge in [0.2, 0.25) is 0 Å². The van der Waals surface area contributed by atoms with Crippen LogP contribution in [0.3, 0.4) is 0 Å². The van der Waals surface area contributed by atoms with Crippen molar-refractivity contribution in [3.8, 4) is 16.9 Å². The van der Waals surface area contributed by atoms with E-state index in [1.165, 1.54) is 0 Å². The molecule has 0 fully saturated rings. The Morgan fingerprint density at radius 3 is 2.46 bits per heavy atom. The molecule has 0 aliphatic rings. The van der Waals surface area contributed by atoms with Crippen LogP contribution in [-0.2, 0) is 4.79 Å². The minimum atomic E-state index is -0.305. The molecule has 0 aromatic heterocycles. The average molecular weight is 372 g/mol. The Kier molecular flexibility index (Phi) is 7.89. The van der Waals surface area contributed by atoms with Crippen molar-refractivity contribution in [2.24, 2.45) is 5.92 Å². The predicted molar refractivity (Wildman–Crippen MR) is 109 cm³/mol. The highest BCUT2D eigenvalue weighted by Gasteiger charge is 2.08. The monoisotopic (exact) mass is 371 g/mol. The van der Waals surface area contributed by atoms with Gasteiger partial charge < -0.3 is 10.1 Å². The first-order chi connectivity index (χ1) is 12.6. The Balaban J connectivity index is 1.80. The molecule has 0 heterocycles. The van der Waals surface area contributed by atoms with E-state index in [0.29, 0.717) is 16.8 Å². The van der Waals surface area contributed by atoms with Gasteiger partial charge in [-0.25, -0.2) is 0 Å². The van der Waals surface area contributed by atoms with Crippen LogP contribution in [0.4, 0.5) is 0 Å². The molecule has 26 heavy (non-hydrogen) atoms. The summed E-state index contributed by atoms with van der Waals surface area (Å²) < 4.78 is 5.68. The number of carbonyl (C=O) groups excluding carboxylic acids is 1. The summed E-state index contributed by atoms with van der Waals surface area (Å²) in [7, 11) is 0. The SMILES string of the molecule is CC(C)CCNC(=S)NNC(=O)COc1ccccc1-c1ccccc1. The van der Waals surface area contributed by atoms with Crippen LogP contribution in [0.25, 0.3) is 11.1 Å². The van der Waals surface area contributed by atoms with Crippen molar-refractivity contribution in [1.29, 1.82) is 0 Å². The van der Waals surface area contributed by atoms with E-state index in [2.05, 4.69) is 30.0 Å². The van der Waals surface area contributed by atoms with Crippen molar-refractivity contribution in [1.82, 2.24) is 16.2 Å². The first kappa shape index (κ1) is 19.7. The summed E-state index contributed by atoms with van der Waals surface area (Å²) in [4.78, 5) is 12.0. The van der Waals surface area contributed by atoms with Gasteiger partial charge >= 0.3 is 0 Å². The molecule has 0 saturated carbocycles. The van der Waals surface area contributed by atoms with Crippen molar-refractivity contribution in [3.63, 3.8) is 0 Å². The van der Waals surface area contributed by atoms with Crippen LogP contribution in [0, 0.1) is 5.92 Å². The van der Waals surface area contributed by atoms with E-state index in [1.807, 2.05) is 54.6 Å². The van der Waals surface area contributed by atoms with Gasteiger partial charge in [0.25, 0.3) is 5.91 Å². The molecule has 2 rings (SSSR count). The average Bonchev–Trinajstić information content (AvgIpc) is 2.65. The standard InChI is InChI=1S/C20H25N3O2S/c1-15(2)12-13-21-20(26)23-22-19(24)14-25-18-11-7-6-10-17(18)16-8-4-3-5-9-16/h3-11,15H,12-14H2,1-2H3,(H,22,24)(H2,21,23,26). The number of carbonyl (C=O) groups is 1. The fourth-order valence-corrected chi connectivity index (χ4v) is 2.43. The molecule has 138 valence electrons. The van der Waals surface area contributed by atoms with E-state index < -0.39 is 0 Å². The lowest BCUT2D eigenvalue weighted by Crippen LogP contribution is -2.48. The first-order valence-corrected chi connectivity index (χ1v) is 9.07. The van der Waals surface area contributed by atoms with Crippen molar-refractivity contribution < 1.29 is 9.53 Å². The van der Waals surface area contributed by atoms with Gasteiger partial charge in [0.15, 0.2) is 11.7 Å². The molecule has 0 unspecified atom stereocenters. The third kappa shape index (κ3) is 6.72. The first-order valence-electron chi connectivity index (χ1n) is 8.66. The second-order valence-corrected chi connectivity index (χ2v) is 6.67. The number of thiocarbonyl (C=S) groups is 1. The van der Waals surface area contributed by atoms with Gasteiger partial charge in [-0.15, -0.1) is 0 Å². The Morgan fingerprint density at radius 1 is 1.04 bits per heavy atom. The largest absolute Gasteiger partial charge is 0.483 e. The summed E-state index contributed by atoms with van der Waals surface area (Å²) in [6.07, 6.45) is 1.01. The molecule has 3 N–H and O–H groups in total. The molecule has 0 bridgehead atoms. The maximum absolute atomic E-state index is 12.0. The molecule has 0 atom stereocenters. The number of hydrogen-bond donors (Lipinski definition) is 3. The topological polar surface area (TPSA) is 62.4 Å². The summed E-state index contributed by atoms with van der Waals surface area (Å²) >= 11 is 5.11. The van der Waals surface area contributed by atoms with Crippen LogP contribution >= 0.6 is 12.2 Å². The van der Waals surface area contributed by atoms with E-state index in [1.54, 1.807) is 0 Å². The lowest BCUT2D eigenvalue weighted by molar-refractivity contribution is -0.123. The summed E-state index contributed by atoms with van der Waals surface area (Å²) in [5.41, 5.74) is 7.20. The Morgan fingerprint density at radius 2 is 1.73 bits per heavy atom. The van der Waals surface area contributed by atoms with Crippen LogP contribution in [0.2, 0.25) is 0 Å². The van der Waals surface area contributed by atoms with E-state index in [0.717, 1.165) is 24.1 Å². The molecule has 5 nitrogen and oxygen atoms in total. The van der Waals surface area contributed by atoms with Gasteiger partial charge in [-0.05, 0) is 36.2 Å². The number of rotatable bonds is 7. The zero-order chi connectivity index (χ0) is 18.8. The number of hydrogen-bond acceptors (Lipinski definition) is 3. The highest BCUT2D eigenvalue weighted by Crippen LogP contribution is 2.29. The van der Waals surface area contributed by atoms with E-state index in [9.17, 15) is 4.79 Å². The third-order valence-corrected chi connectivity index (χ3v) is 3.90. The van der Waals surface area contributed by atoms with Crippen LogP contribution in [-0.4, -0.2) is 24.2 Å². The quantitative estimate of drug-likeness (QED) is 0.515. The smallest absolute Gasteiger partial charge is 0.276 e. The fraction of sp³-hybridized carbons (Fsp3) is 0.300. The van der Waals surface area contributed by atoms with Crippen LogP contribution in [0.15, 0.2) is 54.6 Å². The minimum absolute atomic E-state index is 0.106. The number of amides is 1. The lowest BCUT2D eigenvalue weighted by Gasteiger charge is -2.14. The van der Waals surface area contributed by atoms with Crippen LogP contribution < -0.4 is 20.9 Å². The number of nitrogens with one attached hydrogen (secondary N) is 3. The molecule has 1 amide bonds. The number of para-hydroxylation sites is 1. The van der Waals surface area contributed by atoms with Gasteiger partial charge in [-0.3, -0.25) is 15.6 Å². The van der Waals surface area contributed by atoms with E-state index >= 15 is 0 Å². The third-order valence-electron chi connectivity index (χ3n) is 3.65. The van der Waals surface area contributed by atoms with E-state index in [-0.39, 0.29) is 12.5 Å². The highest BCUT2D eigenvalue weighted by molar-refractivity contribution is 7.80. The summed E-state index contributed by atoms with van der Waals surface area (Å²) in [6, 6.07) is 17.5. The second kappa shape index (κ2) is 10.4. The Bertz CT molecular complexity index is 720. The van der Waals surface area contributed by atoms with Crippen LogP contribution in [0.5, 0.6) is 5.75 Å². The molecule has 2 aromatic carbocycles.